The molecule has 2 rings (SSSR count). The molecule has 6 heteroatoms. The maximum atomic E-state index is 13.5. The van der Waals surface area contributed by atoms with Crippen LogP contribution in [0.4, 0.5) is 10.1 Å². The molecule has 0 atom stereocenters. The van der Waals surface area contributed by atoms with E-state index in [-0.39, 0.29) is 11.3 Å². The van der Waals surface area contributed by atoms with Gasteiger partial charge in [0.15, 0.2) is 0 Å². The van der Waals surface area contributed by atoms with E-state index >= 15 is 0 Å². The van der Waals surface area contributed by atoms with Gasteiger partial charge in [-0.15, -0.1) is 0 Å². The van der Waals surface area contributed by atoms with Crippen LogP contribution in [0.15, 0.2) is 40.9 Å². The third-order valence-electron chi connectivity index (χ3n) is 2.54. The predicted octanol–water partition coefficient (Wildman–Crippen LogP) is 3.42. The highest BCUT2D eigenvalue weighted by atomic mass is 79.9. The van der Waals surface area contributed by atoms with Gasteiger partial charge in [0.1, 0.15) is 11.6 Å². The van der Waals surface area contributed by atoms with Gasteiger partial charge >= 0.3 is 0 Å². The zero-order chi connectivity index (χ0) is 14.7. The van der Waals surface area contributed by atoms with E-state index in [1.807, 2.05) is 6.07 Å². The maximum Gasteiger partial charge on any atom is 0.258 e. The summed E-state index contributed by atoms with van der Waals surface area (Å²) >= 11 is 3.22. The first-order chi connectivity index (χ1) is 9.51. The summed E-state index contributed by atoms with van der Waals surface area (Å²) in [6, 6.07) is 9.87. The van der Waals surface area contributed by atoms with Gasteiger partial charge in [0.25, 0.3) is 5.91 Å². The number of carbonyl (C=O) groups excluding carboxylic acids is 1. The fourth-order valence-electron chi connectivity index (χ4n) is 1.56. The largest absolute Gasteiger partial charge is 0.508 e. The summed E-state index contributed by atoms with van der Waals surface area (Å²) in [7, 11) is 0. The van der Waals surface area contributed by atoms with Crippen molar-refractivity contribution in [3.63, 3.8) is 0 Å². The Kier molecular flexibility index (Phi) is 4.01. The number of anilines is 1. The minimum absolute atomic E-state index is 0.181. The van der Waals surface area contributed by atoms with E-state index in [4.69, 9.17) is 10.4 Å². The number of rotatable bonds is 2. The molecule has 20 heavy (non-hydrogen) atoms. The highest BCUT2D eigenvalue weighted by molar-refractivity contribution is 9.10. The van der Waals surface area contributed by atoms with Crippen LogP contribution in [-0.4, -0.2) is 11.0 Å². The Labute approximate surface area is 122 Å². The van der Waals surface area contributed by atoms with E-state index < -0.39 is 11.7 Å². The number of nitrogens with zero attached hydrogens (tertiary/aromatic N) is 1. The first-order valence-corrected chi connectivity index (χ1v) is 6.30. The summed E-state index contributed by atoms with van der Waals surface area (Å²) in [6.45, 7) is 0. The van der Waals surface area contributed by atoms with Crippen LogP contribution in [0.2, 0.25) is 0 Å². The van der Waals surface area contributed by atoms with Gasteiger partial charge in [-0.1, -0.05) is 0 Å². The van der Waals surface area contributed by atoms with Crippen LogP contribution >= 0.6 is 15.9 Å². The van der Waals surface area contributed by atoms with Crippen molar-refractivity contribution in [3.05, 3.63) is 57.8 Å². The molecule has 0 spiro atoms. The zero-order valence-electron chi connectivity index (χ0n) is 10.0. The molecule has 2 aromatic carbocycles. The van der Waals surface area contributed by atoms with Crippen molar-refractivity contribution in [2.75, 3.05) is 5.32 Å². The van der Waals surface area contributed by atoms with Crippen LogP contribution in [0.5, 0.6) is 5.75 Å². The maximum absolute atomic E-state index is 13.5. The molecule has 0 fully saturated rings. The molecule has 0 saturated carbocycles. The average molecular weight is 335 g/mol. The van der Waals surface area contributed by atoms with E-state index in [1.165, 1.54) is 18.2 Å². The van der Waals surface area contributed by atoms with E-state index in [0.717, 1.165) is 6.07 Å². The third kappa shape index (κ3) is 2.95. The normalized spacial score (nSPS) is 9.85. The smallest absolute Gasteiger partial charge is 0.258 e. The molecule has 0 aliphatic rings. The Hall–Kier alpha value is -2.39. The van der Waals surface area contributed by atoms with Gasteiger partial charge in [0.05, 0.1) is 22.9 Å². The third-order valence-corrected chi connectivity index (χ3v) is 3.20. The van der Waals surface area contributed by atoms with Crippen LogP contribution in [0, 0.1) is 17.1 Å². The minimum atomic E-state index is -0.813. The van der Waals surface area contributed by atoms with Crippen molar-refractivity contribution in [2.45, 2.75) is 0 Å². The molecule has 0 unspecified atom stereocenters. The second kappa shape index (κ2) is 5.72. The molecule has 2 N–H and O–H groups in total. The number of aromatic hydroxyl groups is 1. The van der Waals surface area contributed by atoms with Crippen LogP contribution < -0.4 is 5.32 Å². The van der Waals surface area contributed by atoms with Gasteiger partial charge in [0.2, 0.25) is 0 Å². The highest BCUT2D eigenvalue weighted by Gasteiger charge is 2.13. The van der Waals surface area contributed by atoms with Crippen molar-refractivity contribution in [3.8, 4) is 11.8 Å². The summed E-state index contributed by atoms with van der Waals surface area (Å²) in [5, 5.41) is 20.4. The van der Waals surface area contributed by atoms with Crippen molar-refractivity contribution in [1.29, 1.82) is 5.26 Å². The topological polar surface area (TPSA) is 73.1 Å². The Morgan fingerprint density at radius 2 is 2.05 bits per heavy atom. The molecular formula is C14H8BrFN2O2. The Morgan fingerprint density at radius 3 is 2.65 bits per heavy atom. The number of nitriles is 1. The number of halogens is 2. The number of phenols is 1. The molecule has 4 nitrogen and oxygen atoms in total. The monoisotopic (exact) mass is 334 g/mol. The summed E-state index contributed by atoms with van der Waals surface area (Å²) in [5.74, 6) is -1.71. The molecule has 0 aliphatic carbocycles. The van der Waals surface area contributed by atoms with E-state index in [9.17, 15) is 9.18 Å². The highest BCUT2D eigenvalue weighted by Crippen LogP contribution is 2.24. The van der Waals surface area contributed by atoms with E-state index in [2.05, 4.69) is 21.2 Å². The molecular weight excluding hydrogens is 327 g/mol. The molecule has 1 amide bonds. The fourth-order valence-corrected chi connectivity index (χ4v) is 2.04. The zero-order valence-corrected chi connectivity index (χ0v) is 11.6. The minimum Gasteiger partial charge on any atom is -0.508 e. The average Bonchev–Trinajstić information content (AvgIpc) is 2.40. The SMILES string of the molecule is N#Cc1ccc(NC(=O)c2ccc(O)cc2F)c(Br)c1. The van der Waals surface area contributed by atoms with Gasteiger partial charge in [0, 0.05) is 10.5 Å². The summed E-state index contributed by atoms with van der Waals surface area (Å²) < 4.78 is 14.1. The summed E-state index contributed by atoms with van der Waals surface area (Å²) in [4.78, 5) is 11.9. The molecule has 100 valence electrons. The lowest BCUT2D eigenvalue weighted by molar-refractivity contribution is 0.102. The Balaban J connectivity index is 2.26. The predicted molar refractivity (Wildman–Crippen MR) is 74.9 cm³/mol. The molecule has 0 radical (unpaired) electrons. The summed E-state index contributed by atoms with van der Waals surface area (Å²) in [5.41, 5.74) is 0.672. The van der Waals surface area contributed by atoms with Crippen LogP contribution in [0.1, 0.15) is 15.9 Å². The number of hydrogen-bond donors (Lipinski definition) is 2. The Bertz CT molecular complexity index is 726. The number of benzene rings is 2. The summed E-state index contributed by atoms with van der Waals surface area (Å²) in [6.07, 6.45) is 0. The molecule has 0 bridgehead atoms. The molecule has 0 aliphatic heterocycles. The second-order valence-electron chi connectivity index (χ2n) is 3.92. The number of nitrogens with one attached hydrogen (secondary N) is 1. The van der Waals surface area contributed by atoms with Crippen LogP contribution in [-0.2, 0) is 0 Å². The van der Waals surface area contributed by atoms with Gasteiger partial charge < -0.3 is 10.4 Å². The quantitative estimate of drug-likeness (QED) is 0.883. The van der Waals surface area contributed by atoms with Crippen LogP contribution in [0.25, 0.3) is 0 Å². The molecule has 0 aromatic heterocycles. The van der Waals surface area contributed by atoms with E-state index in [1.54, 1.807) is 12.1 Å². The number of phenolic OH excluding ortho intramolecular Hbond substituents is 1. The Morgan fingerprint density at radius 1 is 1.30 bits per heavy atom. The van der Waals surface area contributed by atoms with Crippen LogP contribution in [0.3, 0.4) is 0 Å². The first kappa shape index (κ1) is 14.0. The van der Waals surface area contributed by atoms with Crippen molar-refractivity contribution < 1.29 is 14.3 Å². The lowest BCUT2D eigenvalue weighted by Crippen LogP contribution is -2.14. The number of carbonyl (C=O) groups is 1. The second-order valence-corrected chi connectivity index (χ2v) is 4.78. The van der Waals surface area contributed by atoms with Gasteiger partial charge in [-0.25, -0.2) is 4.39 Å². The molecule has 0 heterocycles. The standard InChI is InChI=1S/C14H8BrFN2O2/c15-11-5-8(7-17)1-4-13(11)18-14(20)10-3-2-9(19)6-12(10)16/h1-6,19H,(H,18,20). The van der Waals surface area contributed by atoms with Crippen molar-refractivity contribution >= 4 is 27.5 Å². The van der Waals surface area contributed by atoms with Gasteiger partial charge in [-0.05, 0) is 46.3 Å². The number of amides is 1. The van der Waals surface area contributed by atoms with Crippen molar-refractivity contribution in [2.24, 2.45) is 0 Å². The van der Waals surface area contributed by atoms with Gasteiger partial charge in [-0.2, -0.15) is 5.26 Å². The van der Waals surface area contributed by atoms with Gasteiger partial charge in [-0.3, -0.25) is 4.79 Å². The lowest BCUT2D eigenvalue weighted by atomic mass is 10.1. The fraction of sp³-hybridized carbons (Fsp3) is 0. The van der Waals surface area contributed by atoms with E-state index in [0.29, 0.717) is 15.7 Å². The lowest BCUT2D eigenvalue weighted by Gasteiger charge is -2.08. The van der Waals surface area contributed by atoms with Crippen molar-refractivity contribution in [1.82, 2.24) is 0 Å². The molecule has 2 aromatic rings. The first-order valence-electron chi connectivity index (χ1n) is 5.51. The number of hydrogen-bond acceptors (Lipinski definition) is 3. The molecule has 0 saturated heterocycles.